The maximum Gasteiger partial charge on any atom is 0.251 e. The molecule has 2 rings (SSSR count). The van der Waals surface area contributed by atoms with E-state index in [1.807, 2.05) is 0 Å². The van der Waals surface area contributed by atoms with Gasteiger partial charge in [-0.3, -0.25) is 9.59 Å². The largest absolute Gasteiger partial charge is 0.494 e. The molecule has 0 aliphatic heterocycles. The number of carbonyl (C=O) groups is 2. The van der Waals surface area contributed by atoms with Crippen LogP contribution in [-0.2, 0) is 4.79 Å². The molecule has 0 bridgehead atoms. The Labute approximate surface area is 139 Å². The predicted molar refractivity (Wildman–Crippen MR) is 89.6 cm³/mol. The van der Waals surface area contributed by atoms with Gasteiger partial charge >= 0.3 is 0 Å². The molecule has 2 amide bonds. The van der Waals surface area contributed by atoms with Gasteiger partial charge in [0.25, 0.3) is 5.91 Å². The summed E-state index contributed by atoms with van der Waals surface area (Å²) in [5, 5.41) is 5.43. The van der Waals surface area contributed by atoms with Crippen LogP contribution in [0.3, 0.4) is 0 Å². The quantitative estimate of drug-likeness (QED) is 0.884. The molecule has 0 fully saturated rings. The van der Waals surface area contributed by atoms with Gasteiger partial charge in [-0.1, -0.05) is 6.07 Å². The third kappa shape index (κ3) is 4.32. The van der Waals surface area contributed by atoms with E-state index in [2.05, 4.69) is 10.6 Å². The Balaban J connectivity index is 2.05. The number of benzene rings is 2. The second-order valence-electron chi connectivity index (χ2n) is 5.35. The number of ether oxygens (including phenoxy) is 1. The molecule has 0 saturated carbocycles. The number of amides is 2. The van der Waals surface area contributed by atoms with Gasteiger partial charge in [-0.2, -0.15) is 0 Å². The Kier molecular flexibility index (Phi) is 5.52. The SMILES string of the molecule is COc1ccc([C@@H](C)NC(=O)c2ccc(NC(C)=O)cc2)cc1F. The van der Waals surface area contributed by atoms with Gasteiger partial charge in [-0.05, 0) is 48.9 Å². The zero-order chi connectivity index (χ0) is 17.7. The highest BCUT2D eigenvalue weighted by Crippen LogP contribution is 2.22. The second-order valence-corrected chi connectivity index (χ2v) is 5.35. The molecule has 2 N–H and O–H groups in total. The maximum atomic E-state index is 13.7. The van der Waals surface area contributed by atoms with E-state index < -0.39 is 5.82 Å². The first kappa shape index (κ1) is 17.5. The summed E-state index contributed by atoms with van der Waals surface area (Å²) in [4.78, 5) is 23.2. The lowest BCUT2D eigenvalue weighted by molar-refractivity contribution is -0.114. The van der Waals surface area contributed by atoms with E-state index in [-0.39, 0.29) is 23.6 Å². The Hall–Kier alpha value is -2.89. The molecule has 6 heteroatoms. The minimum Gasteiger partial charge on any atom is -0.494 e. The second kappa shape index (κ2) is 7.59. The first-order valence-corrected chi connectivity index (χ1v) is 7.42. The summed E-state index contributed by atoms with van der Waals surface area (Å²) in [6.45, 7) is 3.18. The van der Waals surface area contributed by atoms with Crippen molar-refractivity contribution >= 4 is 17.5 Å². The van der Waals surface area contributed by atoms with Crippen molar-refractivity contribution in [3.8, 4) is 5.75 Å². The Morgan fingerprint density at radius 3 is 2.33 bits per heavy atom. The average molecular weight is 330 g/mol. The first-order valence-electron chi connectivity index (χ1n) is 7.42. The van der Waals surface area contributed by atoms with Gasteiger partial charge in [0.2, 0.25) is 5.91 Å². The van der Waals surface area contributed by atoms with Crippen LogP contribution in [0, 0.1) is 5.82 Å². The maximum absolute atomic E-state index is 13.7. The summed E-state index contributed by atoms with van der Waals surface area (Å²) in [5.41, 5.74) is 1.70. The van der Waals surface area contributed by atoms with Gasteiger partial charge in [0, 0.05) is 18.2 Å². The molecule has 0 unspecified atom stereocenters. The molecule has 0 radical (unpaired) electrons. The molecule has 0 aromatic heterocycles. The molecule has 2 aromatic carbocycles. The van der Waals surface area contributed by atoms with E-state index in [0.29, 0.717) is 16.8 Å². The lowest BCUT2D eigenvalue weighted by Gasteiger charge is -2.15. The van der Waals surface area contributed by atoms with Crippen molar-refractivity contribution in [3.63, 3.8) is 0 Å². The lowest BCUT2D eigenvalue weighted by atomic mass is 10.1. The van der Waals surface area contributed by atoms with E-state index in [9.17, 15) is 14.0 Å². The van der Waals surface area contributed by atoms with Crippen LogP contribution in [0.5, 0.6) is 5.75 Å². The fourth-order valence-corrected chi connectivity index (χ4v) is 2.22. The van der Waals surface area contributed by atoms with Gasteiger partial charge in [0.1, 0.15) is 0 Å². The molecular formula is C18H19FN2O3. The first-order chi connectivity index (χ1) is 11.4. The average Bonchev–Trinajstić information content (AvgIpc) is 2.54. The van der Waals surface area contributed by atoms with Crippen LogP contribution in [0.15, 0.2) is 42.5 Å². The van der Waals surface area contributed by atoms with Crippen molar-refractivity contribution in [1.82, 2.24) is 5.32 Å². The molecule has 2 aromatic rings. The smallest absolute Gasteiger partial charge is 0.251 e. The van der Waals surface area contributed by atoms with Crippen molar-refractivity contribution in [2.75, 3.05) is 12.4 Å². The topological polar surface area (TPSA) is 67.4 Å². The van der Waals surface area contributed by atoms with Crippen LogP contribution < -0.4 is 15.4 Å². The molecular weight excluding hydrogens is 311 g/mol. The fraction of sp³-hybridized carbons (Fsp3) is 0.222. The van der Waals surface area contributed by atoms with Gasteiger partial charge in [0.15, 0.2) is 11.6 Å². The fourth-order valence-electron chi connectivity index (χ4n) is 2.22. The van der Waals surface area contributed by atoms with Crippen molar-refractivity contribution in [1.29, 1.82) is 0 Å². The third-order valence-corrected chi connectivity index (χ3v) is 3.49. The highest BCUT2D eigenvalue weighted by atomic mass is 19.1. The summed E-state index contributed by atoms with van der Waals surface area (Å²) in [6.07, 6.45) is 0. The van der Waals surface area contributed by atoms with Crippen LogP contribution in [0.2, 0.25) is 0 Å². The van der Waals surface area contributed by atoms with Crippen molar-refractivity contribution < 1.29 is 18.7 Å². The number of halogens is 1. The number of carbonyl (C=O) groups excluding carboxylic acids is 2. The molecule has 1 atom stereocenters. The Morgan fingerprint density at radius 2 is 1.79 bits per heavy atom. The molecule has 0 heterocycles. The standard InChI is InChI=1S/C18H19FN2O3/c1-11(14-6-9-17(24-3)16(19)10-14)20-18(23)13-4-7-15(8-5-13)21-12(2)22/h4-11H,1-3H3,(H,20,23)(H,21,22)/t11-/m1/s1. The van der Waals surface area contributed by atoms with Gasteiger partial charge in [0.05, 0.1) is 13.2 Å². The van der Waals surface area contributed by atoms with Gasteiger partial charge < -0.3 is 15.4 Å². The van der Waals surface area contributed by atoms with Crippen LogP contribution in [0.1, 0.15) is 35.8 Å². The summed E-state index contributed by atoms with van der Waals surface area (Å²) in [6, 6.07) is 10.7. The number of rotatable bonds is 5. The Morgan fingerprint density at radius 1 is 1.12 bits per heavy atom. The highest BCUT2D eigenvalue weighted by Gasteiger charge is 2.13. The number of anilines is 1. The number of nitrogens with one attached hydrogen (secondary N) is 2. The zero-order valence-electron chi connectivity index (χ0n) is 13.7. The van der Waals surface area contributed by atoms with Crippen LogP contribution >= 0.6 is 0 Å². The normalized spacial score (nSPS) is 11.5. The molecule has 0 spiro atoms. The molecule has 0 aliphatic carbocycles. The Bertz CT molecular complexity index is 744. The van der Waals surface area contributed by atoms with E-state index in [0.717, 1.165) is 0 Å². The van der Waals surface area contributed by atoms with E-state index >= 15 is 0 Å². The summed E-state index contributed by atoms with van der Waals surface area (Å²) >= 11 is 0. The van der Waals surface area contributed by atoms with E-state index in [1.54, 1.807) is 37.3 Å². The lowest BCUT2D eigenvalue weighted by Crippen LogP contribution is -2.26. The van der Waals surface area contributed by atoms with Crippen LogP contribution in [0.4, 0.5) is 10.1 Å². The highest BCUT2D eigenvalue weighted by molar-refractivity contribution is 5.95. The zero-order valence-corrected chi connectivity index (χ0v) is 13.7. The van der Waals surface area contributed by atoms with E-state index in [1.165, 1.54) is 26.2 Å². The number of methoxy groups -OCH3 is 1. The van der Waals surface area contributed by atoms with Gasteiger partial charge in [-0.15, -0.1) is 0 Å². The summed E-state index contributed by atoms with van der Waals surface area (Å²) < 4.78 is 18.6. The molecule has 24 heavy (non-hydrogen) atoms. The molecule has 0 saturated heterocycles. The van der Waals surface area contributed by atoms with E-state index in [4.69, 9.17) is 4.74 Å². The van der Waals surface area contributed by atoms with Gasteiger partial charge in [-0.25, -0.2) is 4.39 Å². The van der Waals surface area contributed by atoms with Crippen LogP contribution in [-0.4, -0.2) is 18.9 Å². The minimum atomic E-state index is -0.476. The molecule has 0 aliphatic rings. The molecule has 5 nitrogen and oxygen atoms in total. The van der Waals surface area contributed by atoms with Crippen LogP contribution in [0.25, 0.3) is 0 Å². The van der Waals surface area contributed by atoms with Crippen molar-refractivity contribution in [2.24, 2.45) is 0 Å². The third-order valence-electron chi connectivity index (χ3n) is 3.49. The number of hydrogen-bond donors (Lipinski definition) is 2. The summed E-state index contributed by atoms with van der Waals surface area (Å²) in [7, 11) is 1.40. The summed E-state index contributed by atoms with van der Waals surface area (Å²) in [5.74, 6) is -0.781. The minimum absolute atomic E-state index is 0.158. The predicted octanol–water partition coefficient (Wildman–Crippen LogP) is 3.28. The van der Waals surface area contributed by atoms with Crippen molar-refractivity contribution in [2.45, 2.75) is 19.9 Å². The molecule has 126 valence electrons. The monoisotopic (exact) mass is 330 g/mol. The number of hydrogen-bond acceptors (Lipinski definition) is 3. The van der Waals surface area contributed by atoms with Crippen molar-refractivity contribution in [3.05, 3.63) is 59.4 Å².